The lowest BCUT2D eigenvalue weighted by atomic mass is 9.33. The van der Waals surface area contributed by atoms with E-state index in [0.717, 1.165) is 19.3 Å². The molecule has 1 fully saturated rings. The highest BCUT2D eigenvalue weighted by Crippen LogP contribution is 2.63. The number of hydrogen-bond donors (Lipinski definition) is 0. The van der Waals surface area contributed by atoms with Gasteiger partial charge in [-0.1, -0.05) is 189 Å². The van der Waals surface area contributed by atoms with Gasteiger partial charge >= 0.3 is 0 Å². The Balaban J connectivity index is 1.14. The summed E-state index contributed by atoms with van der Waals surface area (Å²) in [4.78, 5) is 8.39. The van der Waals surface area contributed by atoms with E-state index in [1.165, 1.54) is 153 Å². The second-order valence-corrected chi connectivity index (χ2v) is 32.1. The van der Waals surface area contributed by atoms with Crippen molar-refractivity contribution in [2.24, 2.45) is 0 Å². The Hall–Kier alpha value is -6.04. The van der Waals surface area contributed by atoms with E-state index in [1.54, 1.807) is 0 Å². The molecular formula is C76H86BN3S. The molecule has 6 aliphatic rings. The predicted molar refractivity (Wildman–Crippen MR) is 352 cm³/mol. The van der Waals surface area contributed by atoms with Crippen molar-refractivity contribution in [3.63, 3.8) is 0 Å². The van der Waals surface area contributed by atoms with Crippen molar-refractivity contribution in [3.05, 3.63) is 172 Å². The van der Waals surface area contributed by atoms with Crippen LogP contribution in [0.1, 0.15) is 201 Å². The van der Waals surface area contributed by atoms with Gasteiger partial charge < -0.3 is 14.7 Å². The number of nitrogens with zero attached hydrogens (tertiary/aromatic N) is 3. The van der Waals surface area contributed by atoms with Crippen molar-refractivity contribution >= 4 is 89.3 Å². The van der Waals surface area contributed by atoms with Gasteiger partial charge in [0.05, 0.1) is 10.5 Å². The zero-order chi connectivity index (χ0) is 56.9. The molecular weight excluding hydrogens is 998 g/mol. The SMILES string of the molecule is CC(C)(C)c1ccc(N2c3cc(N4c5ccc(-c6ccccc6)cc5C5(C)CCCCC45C)cc4c3B(c3cc5c(cc3N4c3ccc4c(c3)C(C)(C)CCC4(C)C)C(C)(C)CCC5(C)C)c3c2sc2ccc(C(C)(C)C)cc32)cc1. The highest BCUT2D eigenvalue weighted by Gasteiger charge is 2.59. The van der Waals surface area contributed by atoms with Gasteiger partial charge in [0.2, 0.25) is 0 Å². The average Bonchev–Trinajstić information content (AvgIpc) is 3.06. The maximum atomic E-state index is 2.86. The number of hydrogen-bond acceptors (Lipinski definition) is 4. The molecule has 81 heavy (non-hydrogen) atoms. The van der Waals surface area contributed by atoms with Gasteiger partial charge in [0.25, 0.3) is 6.71 Å². The van der Waals surface area contributed by atoms with Crippen LogP contribution in [0.3, 0.4) is 0 Å². The summed E-state index contributed by atoms with van der Waals surface area (Å²) in [6.07, 6.45) is 9.44. The van der Waals surface area contributed by atoms with Crippen molar-refractivity contribution in [2.75, 3.05) is 14.7 Å². The molecule has 0 radical (unpaired) electrons. The third-order valence-corrected chi connectivity index (χ3v) is 23.2. The maximum Gasteiger partial charge on any atom is 0.254 e. The molecule has 0 saturated heterocycles. The fourth-order valence-corrected chi connectivity index (χ4v) is 17.7. The van der Waals surface area contributed by atoms with Gasteiger partial charge in [-0.2, -0.15) is 0 Å². The fourth-order valence-electron chi connectivity index (χ4n) is 16.5. The summed E-state index contributed by atoms with van der Waals surface area (Å²) in [7, 11) is 0. The van der Waals surface area contributed by atoms with Gasteiger partial charge in [-0.05, 0) is 210 Å². The summed E-state index contributed by atoms with van der Waals surface area (Å²) < 4.78 is 1.36. The molecule has 8 aromatic rings. The molecule has 4 heterocycles. The standard InChI is InChI=1S/C76H86BN3S/c1-69(2,3)49-25-28-51(29-26-49)79-64-44-53(80-61-32-24-48(47-22-18-17-19-23-47)40-59(61)75(15)34-20-21-35-76(75,80)16)43-63-67(64)77(66-54-41-50(70(4,5)6)27-33-65(54)81-68(66)79)60-45-57-58(74(13,14)39-38-73(57,11)12)46-62(60)78(63)52-30-31-55-56(42-52)72(9,10)37-36-71(55,7)8/h17-19,22-33,40-46H,20-21,34-39H2,1-16H3. The van der Waals surface area contributed by atoms with Crippen molar-refractivity contribution in [2.45, 2.75) is 206 Å². The lowest BCUT2D eigenvalue weighted by Crippen LogP contribution is -2.61. The zero-order valence-electron chi connectivity index (χ0n) is 51.7. The third kappa shape index (κ3) is 7.71. The minimum atomic E-state index is -0.170. The molecule has 3 aliphatic carbocycles. The maximum absolute atomic E-state index is 2.86. The molecule has 2 unspecified atom stereocenters. The Morgan fingerprint density at radius 3 is 1.65 bits per heavy atom. The van der Waals surface area contributed by atoms with Crippen LogP contribution in [0.15, 0.2) is 133 Å². The van der Waals surface area contributed by atoms with Crippen LogP contribution >= 0.6 is 11.3 Å². The quantitative estimate of drug-likeness (QED) is 0.163. The molecule has 3 aliphatic heterocycles. The van der Waals surface area contributed by atoms with Crippen molar-refractivity contribution in [3.8, 4) is 11.1 Å². The summed E-state index contributed by atoms with van der Waals surface area (Å²) in [6.45, 7) is 39.4. The van der Waals surface area contributed by atoms with Gasteiger partial charge in [0.15, 0.2) is 0 Å². The Morgan fingerprint density at radius 1 is 0.420 bits per heavy atom. The first-order valence-corrected chi connectivity index (χ1v) is 31.7. The summed E-state index contributed by atoms with van der Waals surface area (Å²) >= 11 is 2.00. The summed E-state index contributed by atoms with van der Waals surface area (Å²) in [6, 6.07) is 54.3. The van der Waals surface area contributed by atoms with Crippen LogP contribution in [-0.2, 0) is 37.9 Å². The number of rotatable bonds is 4. The van der Waals surface area contributed by atoms with Crippen molar-refractivity contribution in [1.82, 2.24) is 0 Å². The van der Waals surface area contributed by atoms with E-state index in [2.05, 4.69) is 259 Å². The van der Waals surface area contributed by atoms with E-state index in [4.69, 9.17) is 0 Å². The molecule has 0 N–H and O–H groups in total. The molecule has 0 amide bonds. The normalized spacial score (nSPS) is 22.6. The fraction of sp³-hybridized carbons (Fsp3) is 0.421. The number of benzene rings is 7. The van der Waals surface area contributed by atoms with E-state index in [-0.39, 0.29) is 50.2 Å². The average molecular weight is 1080 g/mol. The first-order valence-electron chi connectivity index (χ1n) is 30.9. The molecule has 414 valence electrons. The molecule has 5 heteroatoms. The Bertz CT molecular complexity index is 3910. The molecule has 0 spiro atoms. The van der Waals surface area contributed by atoms with E-state index >= 15 is 0 Å². The number of thiophene rings is 1. The highest BCUT2D eigenvalue weighted by atomic mass is 32.1. The summed E-state index contributed by atoms with van der Waals surface area (Å²) in [5.41, 5.74) is 26.2. The van der Waals surface area contributed by atoms with Crippen LogP contribution in [0.2, 0.25) is 0 Å². The lowest BCUT2D eigenvalue weighted by molar-refractivity contribution is 0.195. The van der Waals surface area contributed by atoms with Crippen LogP contribution in [-0.4, -0.2) is 12.3 Å². The van der Waals surface area contributed by atoms with Gasteiger partial charge in [-0.25, -0.2) is 0 Å². The van der Waals surface area contributed by atoms with E-state index in [0.29, 0.717) is 0 Å². The van der Waals surface area contributed by atoms with Gasteiger partial charge in [-0.3, -0.25) is 0 Å². The van der Waals surface area contributed by atoms with Crippen LogP contribution < -0.4 is 31.1 Å². The van der Waals surface area contributed by atoms with E-state index < -0.39 is 0 Å². The summed E-state index contributed by atoms with van der Waals surface area (Å²) in [5.74, 6) is 0. The van der Waals surface area contributed by atoms with Crippen LogP contribution in [0.25, 0.3) is 21.2 Å². The van der Waals surface area contributed by atoms with Gasteiger partial charge in [-0.15, -0.1) is 11.3 Å². The number of fused-ring (bicyclic) bond motifs is 11. The lowest BCUT2D eigenvalue weighted by Gasteiger charge is -2.51. The molecule has 14 rings (SSSR count). The second kappa shape index (κ2) is 17.3. The monoisotopic (exact) mass is 1080 g/mol. The molecule has 2 atom stereocenters. The smallest absolute Gasteiger partial charge is 0.254 e. The van der Waals surface area contributed by atoms with Gasteiger partial charge in [0.1, 0.15) is 0 Å². The first-order chi connectivity index (χ1) is 38.1. The predicted octanol–water partition coefficient (Wildman–Crippen LogP) is 19.7. The Morgan fingerprint density at radius 2 is 1.00 bits per heavy atom. The van der Waals surface area contributed by atoms with Crippen LogP contribution in [0.4, 0.5) is 44.8 Å². The van der Waals surface area contributed by atoms with Crippen LogP contribution in [0.5, 0.6) is 0 Å². The molecule has 0 bridgehead atoms. The molecule has 1 saturated carbocycles. The molecule has 7 aromatic carbocycles. The van der Waals surface area contributed by atoms with Crippen LogP contribution in [0, 0.1) is 0 Å². The highest BCUT2D eigenvalue weighted by molar-refractivity contribution is 7.26. The topological polar surface area (TPSA) is 9.72 Å². The molecule has 1 aromatic heterocycles. The van der Waals surface area contributed by atoms with Crippen molar-refractivity contribution in [1.29, 1.82) is 0 Å². The zero-order valence-corrected chi connectivity index (χ0v) is 52.5. The van der Waals surface area contributed by atoms with E-state index in [9.17, 15) is 0 Å². The minimum Gasteiger partial charge on any atom is -0.334 e. The first kappa shape index (κ1) is 53.0. The van der Waals surface area contributed by atoms with E-state index in [1.807, 2.05) is 11.3 Å². The number of anilines is 8. The van der Waals surface area contributed by atoms with Gasteiger partial charge in [0, 0.05) is 49.9 Å². The second-order valence-electron chi connectivity index (χ2n) is 31.0. The Kier molecular flexibility index (Phi) is 11.3. The minimum absolute atomic E-state index is 0.00617. The van der Waals surface area contributed by atoms with Crippen molar-refractivity contribution < 1.29 is 0 Å². The summed E-state index contributed by atoms with van der Waals surface area (Å²) in [5, 5.41) is 2.74. The largest absolute Gasteiger partial charge is 0.334 e. The molecule has 3 nitrogen and oxygen atoms in total. The third-order valence-electron chi connectivity index (χ3n) is 22.1. The Labute approximate surface area is 490 Å².